The second kappa shape index (κ2) is 5.07. The Kier molecular flexibility index (Phi) is 3.61. The summed E-state index contributed by atoms with van der Waals surface area (Å²) in [6.45, 7) is 7.07. The van der Waals surface area contributed by atoms with Gasteiger partial charge < -0.3 is 4.74 Å². The van der Waals surface area contributed by atoms with Crippen molar-refractivity contribution in [2.45, 2.75) is 33.3 Å². The molecule has 0 atom stereocenters. The highest BCUT2D eigenvalue weighted by molar-refractivity contribution is 5.90. The first-order valence-corrected chi connectivity index (χ1v) is 6.32. The third kappa shape index (κ3) is 3.04. The van der Waals surface area contributed by atoms with Crippen LogP contribution < -0.4 is 0 Å². The predicted octanol–water partition coefficient (Wildman–Crippen LogP) is 3.28. The summed E-state index contributed by atoms with van der Waals surface area (Å²) in [5, 5.41) is 4.17. The zero-order valence-corrected chi connectivity index (χ0v) is 12.0. The standard InChI is InChI=1S/C15H17FN2O2/c1-10-11(14(19)20-15(2,3)4)9-18(17-10)13-8-6-5-7-12(13)16/h5-9H,1-4H3. The molecule has 0 radical (unpaired) electrons. The molecule has 0 amide bonds. The van der Waals surface area contributed by atoms with Crippen LogP contribution in [0.3, 0.4) is 0 Å². The fourth-order valence-electron chi connectivity index (χ4n) is 1.75. The van der Waals surface area contributed by atoms with E-state index in [1.165, 1.54) is 16.9 Å². The summed E-state index contributed by atoms with van der Waals surface area (Å²) >= 11 is 0. The van der Waals surface area contributed by atoms with Crippen molar-refractivity contribution in [3.63, 3.8) is 0 Å². The maximum Gasteiger partial charge on any atom is 0.342 e. The lowest BCUT2D eigenvalue weighted by Crippen LogP contribution is -2.24. The molecule has 0 fully saturated rings. The number of esters is 1. The molecule has 1 aromatic carbocycles. The summed E-state index contributed by atoms with van der Waals surface area (Å²) in [7, 11) is 0. The van der Waals surface area contributed by atoms with Crippen LogP contribution in [0.1, 0.15) is 36.8 Å². The molecule has 20 heavy (non-hydrogen) atoms. The molecule has 1 heterocycles. The Morgan fingerprint density at radius 3 is 2.55 bits per heavy atom. The van der Waals surface area contributed by atoms with E-state index >= 15 is 0 Å². The lowest BCUT2D eigenvalue weighted by molar-refractivity contribution is 0.00687. The Morgan fingerprint density at radius 2 is 1.95 bits per heavy atom. The average Bonchev–Trinajstić information content (AvgIpc) is 2.69. The molecule has 0 bridgehead atoms. The number of carbonyl (C=O) groups excluding carboxylic acids is 1. The number of halogens is 1. The van der Waals surface area contributed by atoms with Gasteiger partial charge in [-0.2, -0.15) is 5.10 Å². The summed E-state index contributed by atoms with van der Waals surface area (Å²) in [5.41, 5.74) is 0.556. The smallest absolute Gasteiger partial charge is 0.342 e. The van der Waals surface area contributed by atoms with Crippen LogP contribution in [0, 0.1) is 12.7 Å². The summed E-state index contributed by atoms with van der Waals surface area (Å²) < 4.78 is 20.4. The second-order valence-electron chi connectivity index (χ2n) is 5.53. The van der Waals surface area contributed by atoms with Crippen LogP contribution in [-0.2, 0) is 4.74 Å². The molecule has 0 saturated carbocycles. The molecule has 0 unspecified atom stereocenters. The van der Waals surface area contributed by atoms with E-state index in [0.717, 1.165) is 0 Å². The van der Waals surface area contributed by atoms with Gasteiger partial charge in [0.05, 0.1) is 5.69 Å². The zero-order valence-electron chi connectivity index (χ0n) is 12.0. The van der Waals surface area contributed by atoms with E-state index in [-0.39, 0.29) is 0 Å². The Labute approximate surface area is 117 Å². The van der Waals surface area contributed by atoms with Crippen LogP contribution in [0.25, 0.3) is 5.69 Å². The molecule has 2 aromatic rings. The maximum absolute atomic E-state index is 13.7. The van der Waals surface area contributed by atoms with Crippen LogP contribution in [-0.4, -0.2) is 21.4 Å². The first kappa shape index (κ1) is 14.2. The van der Waals surface area contributed by atoms with Gasteiger partial charge >= 0.3 is 5.97 Å². The highest BCUT2D eigenvalue weighted by atomic mass is 19.1. The van der Waals surface area contributed by atoms with E-state index in [0.29, 0.717) is 16.9 Å². The molecule has 5 heteroatoms. The molecular weight excluding hydrogens is 259 g/mol. The average molecular weight is 276 g/mol. The van der Waals surface area contributed by atoms with Gasteiger partial charge in [0.15, 0.2) is 0 Å². The van der Waals surface area contributed by atoms with Gasteiger partial charge in [-0.3, -0.25) is 0 Å². The van der Waals surface area contributed by atoms with Gasteiger partial charge in [0.25, 0.3) is 0 Å². The molecule has 106 valence electrons. The molecule has 0 aliphatic heterocycles. The number of para-hydroxylation sites is 1. The van der Waals surface area contributed by atoms with Crippen LogP contribution in [0.2, 0.25) is 0 Å². The van der Waals surface area contributed by atoms with Gasteiger partial charge in [-0.15, -0.1) is 0 Å². The lowest BCUT2D eigenvalue weighted by atomic mass is 10.2. The fourth-order valence-corrected chi connectivity index (χ4v) is 1.75. The second-order valence-corrected chi connectivity index (χ2v) is 5.53. The van der Waals surface area contributed by atoms with E-state index in [9.17, 15) is 9.18 Å². The number of carbonyl (C=O) groups is 1. The van der Waals surface area contributed by atoms with E-state index < -0.39 is 17.4 Å². The molecule has 0 spiro atoms. The number of hydrogen-bond acceptors (Lipinski definition) is 3. The largest absolute Gasteiger partial charge is 0.456 e. The third-order valence-electron chi connectivity index (χ3n) is 2.62. The number of hydrogen-bond donors (Lipinski definition) is 0. The van der Waals surface area contributed by atoms with Crippen LogP contribution in [0.15, 0.2) is 30.5 Å². The molecule has 1 aromatic heterocycles. The van der Waals surface area contributed by atoms with Crippen LogP contribution in [0.4, 0.5) is 4.39 Å². The first-order valence-electron chi connectivity index (χ1n) is 6.32. The summed E-state index contributed by atoms with van der Waals surface area (Å²) in [4.78, 5) is 12.0. The Bertz CT molecular complexity index is 642. The number of ether oxygens (including phenoxy) is 1. The maximum atomic E-state index is 13.7. The summed E-state index contributed by atoms with van der Waals surface area (Å²) in [6, 6.07) is 6.26. The first-order chi connectivity index (χ1) is 9.28. The number of aromatic nitrogens is 2. The molecule has 0 saturated heterocycles. The normalized spacial score (nSPS) is 11.4. The van der Waals surface area contributed by atoms with Gasteiger partial charge in [0.2, 0.25) is 0 Å². The Balaban J connectivity index is 2.36. The van der Waals surface area contributed by atoms with Gasteiger partial charge in [-0.25, -0.2) is 13.9 Å². The van der Waals surface area contributed by atoms with Gasteiger partial charge in [-0.05, 0) is 39.8 Å². The minimum absolute atomic E-state index is 0.297. The van der Waals surface area contributed by atoms with Crippen LogP contribution in [0.5, 0.6) is 0 Å². The fraction of sp³-hybridized carbons (Fsp3) is 0.333. The molecule has 4 nitrogen and oxygen atoms in total. The van der Waals surface area contributed by atoms with Gasteiger partial charge in [0.1, 0.15) is 22.7 Å². The molecular formula is C15H17FN2O2. The Morgan fingerprint density at radius 1 is 1.30 bits per heavy atom. The molecule has 0 N–H and O–H groups in total. The Hall–Kier alpha value is -2.17. The number of rotatable bonds is 2. The number of benzene rings is 1. The molecule has 0 aliphatic rings. The number of aryl methyl sites for hydroxylation is 1. The van der Waals surface area contributed by atoms with Crippen molar-refractivity contribution in [2.75, 3.05) is 0 Å². The minimum Gasteiger partial charge on any atom is -0.456 e. The highest BCUT2D eigenvalue weighted by Gasteiger charge is 2.22. The number of nitrogens with zero attached hydrogens (tertiary/aromatic N) is 2. The quantitative estimate of drug-likeness (QED) is 0.791. The predicted molar refractivity (Wildman–Crippen MR) is 73.4 cm³/mol. The van der Waals surface area contributed by atoms with E-state index in [1.807, 2.05) is 0 Å². The minimum atomic E-state index is -0.580. The van der Waals surface area contributed by atoms with Crippen molar-refractivity contribution in [2.24, 2.45) is 0 Å². The van der Waals surface area contributed by atoms with E-state index in [2.05, 4.69) is 5.10 Å². The zero-order chi connectivity index (χ0) is 14.9. The van der Waals surface area contributed by atoms with Crippen molar-refractivity contribution in [1.82, 2.24) is 9.78 Å². The van der Waals surface area contributed by atoms with Crippen LogP contribution >= 0.6 is 0 Å². The van der Waals surface area contributed by atoms with E-state index in [1.54, 1.807) is 45.9 Å². The summed E-state index contributed by atoms with van der Waals surface area (Å²) in [6.07, 6.45) is 1.49. The van der Waals surface area contributed by atoms with Crippen molar-refractivity contribution < 1.29 is 13.9 Å². The van der Waals surface area contributed by atoms with Crippen molar-refractivity contribution >= 4 is 5.97 Å². The van der Waals surface area contributed by atoms with Crippen molar-refractivity contribution in [1.29, 1.82) is 0 Å². The molecule has 2 rings (SSSR count). The highest BCUT2D eigenvalue weighted by Crippen LogP contribution is 2.18. The SMILES string of the molecule is Cc1nn(-c2ccccc2F)cc1C(=O)OC(C)(C)C. The van der Waals surface area contributed by atoms with Crippen molar-refractivity contribution in [3.05, 3.63) is 47.5 Å². The van der Waals surface area contributed by atoms with Gasteiger partial charge in [-0.1, -0.05) is 12.1 Å². The topological polar surface area (TPSA) is 44.1 Å². The summed E-state index contributed by atoms with van der Waals surface area (Å²) in [5.74, 6) is -0.858. The van der Waals surface area contributed by atoms with Gasteiger partial charge in [0, 0.05) is 6.20 Å². The van der Waals surface area contributed by atoms with Crippen molar-refractivity contribution in [3.8, 4) is 5.69 Å². The third-order valence-corrected chi connectivity index (χ3v) is 2.62. The van der Waals surface area contributed by atoms with E-state index in [4.69, 9.17) is 4.74 Å². The lowest BCUT2D eigenvalue weighted by Gasteiger charge is -2.18. The monoisotopic (exact) mass is 276 g/mol. The molecule has 0 aliphatic carbocycles.